The van der Waals surface area contributed by atoms with E-state index in [9.17, 15) is 4.79 Å². The number of aromatic nitrogens is 2. The number of carbonyl (C=O) groups excluding carboxylic acids is 1. The van der Waals surface area contributed by atoms with Crippen LogP contribution in [0.3, 0.4) is 0 Å². The maximum Gasteiger partial charge on any atom is 0.258 e. The average Bonchev–Trinajstić information content (AvgIpc) is 2.42. The molecule has 5 nitrogen and oxygen atoms in total. The van der Waals surface area contributed by atoms with E-state index < -0.39 is 0 Å². The first kappa shape index (κ1) is 13.3. The van der Waals surface area contributed by atoms with Gasteiger partial charge in [-0.2, -0.15) is 0 Å². The highest BCUT2D eigenvalue weighted by Crippen LogP contribution is 2.17. The highest BCUT2D eigenvalue weighted by molar-refractivity contribution is 6.34. The van der Waals surface area contributed by atoms with Gasteiger partial charge in [-0.25, -0.2) is 4.98 Å². The number of halogens is 1. The topological polar surface area (TPSA) is 64.1 Å². The number of hydrogen-bond donors (Lipinski definition) is 1. The van der Waals surface area contributed by atoms with Gasteiger partial charge in [-0.3, -0.25) is 9.78 Å². The third-order valence-corrected chi connectivity index (χ3v) is 2.63. The first-order valence-electron chi connectivity index (χ1n) is 5.70. The zero-order valence-electron chi connectivity index (χ0n) is 10.3. The molecular formula is C13H12ClN3O2. The summed E-state index contributed by atoms with van der Waals surface area (Å²) in [6.07, 6.45) is 4.46. The van der Waals surface area contributed by atoms with Gasteiger partial charge in [-0.05, 0) is 19.1 Å². The molecule has 0 unspecified atom stereocenters. The molecule has 0 saturated carbocycles. The molecule has 2 aromatic heterocycles. The molecule has 0 atom stereocenters. The molecule has 2 aromatic rings. The lowest BCUT2D eigenvalue weighted by Gasteiger charge is -2.07. The van der Waals surface area contributed by atoms with Gasteiger partial charge in [0.15, 0.2) is 0 Å². The smallest absolute Gasteiger partial charge is 0.258 e. The lowest BCUT2D eigenvalue weighted by Crippen LogP contribution is -2.13. The first-order valence-corrected chi connectivity index (χ1v) is 6.08. The highest BCUT2D eigenvalue weighted by atomic mass is 35.5. The summed E-state index contributed by atoms with van der Waals surface area (Å²) in [5.74, 6) is 0.184. The Labute approximate surface area is 115 Å². The van der Waals surface area contributed by atoms with Crippen molar-refractivity contribution in [3.8, 4) is 5.88 Å². The lowest BCUT2D eigenvalue weighted by atomic mass is 10.2. The summed E-state index contributed by atoms with van der Waals surface area (Å²) < 4.78 is 5.21. The van der Waals surface area contributed by atoms with E-state index in [-0.39, 0.29) is 5.91 Å². The number of nitrogens with one attached hydrogen (secondary N) is 1. The average molecular weight is 278 g/mol. The van der Waals surface area contributed by atoms with Gasteiger partial charge in [0.05, 0.1) is 29.1 Å². The van der Waals surface area contributed by atoms with E-state index >= 15 is 0 Å². The molecule has 1 amide bonds. The summed E-state index contributed by atoms with van der Waals surface area (Å²) in [4.78, 5) is 19.9. The van der Waals surface area contributed by atoms with Crippen molar-refractivity contribution in [3.63, 3.8) is 0 Å². The van der Waals surface area contributed by atoms with Gasteiger partial charge in [-0.15, -0.1) is 0 Å². The summed E-state index contributed by atoms with van der Waals surface area (Å²) in [5, 5.41) is 3.04. The molecule has 1 N–H and O–H groups in total. The van der Waals surface area contributed by atoms with Crippen molar-refractivity contribution in [3.05, 3.63) is 47.4 Å². The molecule has 0 aromatic carbocycles. The molecule has 0 bridgehead atoms. The van der Waals surface area contributed by atoms with Crippen molar-refractivity contribution in [2.24, 2.45) is 0 Å². The van der Waals surface area contributed by atoms with Crippen molar-refractivity contribution in [1.82, 2.24) is 9.97 Å². The van der Waals surface area contributed by atoms with E-state index in [1.807, 2.05) is 6.92 Å². The predicted octanol–water partition coefficient (Wildman–Crippen LogP) is 2.78. The first-order chi connectivity index (χ1) is 9.20. The van der Waals surface area contributed by atoms with E-state index in [1.165, 1.54) is 18.6 Å². The Morgan fingerprint density at radius 3 is 2.84 bits per heavy atom. The molecule has 0 aliphatic rings. The number of pyridine rings is 2. The molecule has 0 fully saturated rings. The van der Waals surface area contributed by atoms with Crippen LogP contribution in [0, 0.1) is 0 Å². The zero-order chi connectivity index (χ0) is 13.7. The normalized spacial score (nSPS) is 10.0. The summed E-state index contributed by atoms with van der Waals surface area (Å²) in [5.41, 5.74) is 0.881. The van der Waals surface area contributed by atoms with Gasteiger partial charge in [0, 0.05) is 18.5 Å². The number of nitrogens with zero attached hydrogens (tertiary/aromatic N) is 2. The number of amides is 1. The monoisotopic (exact) mass is 277 g/mol. The van der Waals surface area contributed by atoms with Gasteiger partial charge in [0.1, 0.15) is 0 Å². The Morgan fingerprint density at radius 2 is 2.21 bits per heavy atom. The van der Waals surface area contributed by atoms with Gasteiger partial charge in [-0.1, -0.05) is 11.6 Å². The predicted molar refractivity (Wildman–Crippen MR) is 72.6 cm³/mol. The Kier molecular flexibility index (Phi) is 4.30. The molecule has 2 rings (SSSR count). The molecule has 0 aliphatic carbocycles. The fraction of sp³-hybridized carbons (Fsp3) is 0.154. The van der Waals surface area contributed by atoms with E-state index in [0.29, 0.717) is 28.8 Å². The van der Waals surface area contributed by atoms with E-state index in [2.05, 4.69) is 15.3 Å². The number of carbonyl (C=O) groups is 1. The van der Waals surface area contributed by atoms with Crippen LogP contribution in [0.5, 0.6) is 5.88 Å². The molecule has 0 aliphatic heterocycles. The Hall–Kier alpha value is -2.14. The number of rotatable bonds is 4. The molecular weight excluding hydrogens is 266 g/mol. The van der Waals surface area contributed by atoms with E-state index in [1.54, 1.807) is 18.2 Å². The number of anilines is 1. The van der Waals surface area contributed by atoms with Crippen LogP contribution in [-0.2, 0) is 0 Å². The van der Waals surface area contributed by atoms with Crippen LogP contribution in [0.15, 0.2) is 36.8 Å². The van der Waals surface area contributed by atoms with Crippen LogP contribution in [0.2, 0.25) is 5.02 Å². The molecule has 98 valence electrons. The summed E-state index contributed by atoms with van der Waals surface area (Å²) >= 11 is 5.92. The largest absolute Gasteiger partial charge is 0.478 e. The minimum absolute atomic E-state index is 0.318. The maximum absolute atomic E-state index is 12.0. The van der Waals surface area contributed by atoms with Crippen molar-refractivity contribution < 1.29 is 9.53 Å². The van der Waals surface area contributed by atoms with Crippen molar-refractivity contribution >= 4 is 23.2 Å². The van der Waals surface area contributed by atoms with Crippen LogP contribution in [0.25, 0.3) is 0 Å². The van der Waals surface area contributed by atoms with Crippen LogP contribution in [-0.4, -0.2) is 22.5 Å². The van der Waals surface area contributed by atoms with Crippen LogP contribution in [0.1, 0.15) is 17.3 Å². The minimum atomic E-state index is -0.330. The summed E-state index contributed by atoms with van der Waals surface area (Å²) in [6.45, 7) is 2.42. The quantitative estimate of drug-likeness (QED) is 0.933. The molecule has 0 saturated heterocycles. The van der Waals surface area contributed by atoms with Crippen LogP contribution >= 0.6 is 11.6 Å². The molecule has 2 heterocycles. The SMILES string of the molecule is CCOc1ccc(NC(=O)c2cnccc2Cl)cn1. The molecule has 0 spiro atoms. The highest BCUT2D eigenvalue weighted by Gasteiger charge is 2.10. The Balaban J connectivity index is 2.09. The second-order valence-electron chi connectivity index (χ2n) is 3.63. The zero-order valence-corrected chi connectivity index (χ0v) is 11.0. The molecule has 19 heavy (non-hydrogen) atoms. The third kappa shape index (κ3) is 3.42. The van der Waals surface area contributed by atoms with Crippen molar-refractivity contribution in [2.45, 2.75) is 6.92 Å². The fourth-order valence-corrected chi connectivity index (χ4v) is 1.62. The molecule has 0 radical (unpaired) electrons. The van der Waals surface area contributed by atoms with Crippen molar-refractivity contribution in [1.29, 1.82) is 0 Å². The number of ether oxygens (including phenoxy) is 1. The fourth-order valence-electron chi connectivity index (χ4n) is 1.43. The Bertz CT molecular complexity index is 572. The number of hydrogen-bond acceptors (Lipinski definition) is 4. The molecule has 6 heteroatoms. The lowest BCUT2D eigenvalue weighted by molar-refractivity contribution is 0.102. The standard InChI is InChI=1S/C13H12ClN3O2/c1-2-19-12-4-3-9(7-16-12)17-13(18)10-8-15-6-5-11(10)14/h3-8H,2H2,1H3,(H,17,18). The van der Waals surface area contributed by atoms with Gasteiger partial charge < -0.3 is 10.1 Å². The second kappa shape index (κ2) is 6.15. The summed E-state index contributed by atoms with van der Waals surface area (Å²) in [7, 11) is 0. The van der Waals surface area contributed by atoms with E-state index in [4.69, 9.17) is 16.3 Å². The second-order valence-corrected chi connectivity index (χ2v) is 4.03. The van der Waals surface area contributed by atoms with Gasteiger partial charge in [0.25, 0.3) is 5.91 Å². The van der Waals surface area contributed by atoms with Crippen LogP contribution < -0.4 is 10.1 Å². The summed E-state index contributed by atoms with van der Waals surface area (Å²) in [6, 6.07) is 4.96. The van der Waals surface area contributed by atoms with Gasteiger partial charge in [0.2, 0.25) is 5.88 Å². The third-order valence-electron chi connectivity index (χ3n) is 2.30. The maximum atomic E-state index is 12.0. The Morgan fingerprint density at radius 1 is 1.37 bits per heavy atom. The van der Waals surface area contributed by atoms with Crippen LogP contribution in [0.4, 0.5) is 5.69 Å². The van der Waals surface area contributed by atoms with Gasteiger partial charge >= 0.3 is 0 Å². The van der Waals surface area contributed by atoms with Crippen molar-refractivity contribution in [2.75, 3.05) is 11.9 Å². The minimum Gasteiger partial charge on any atom is -0.478 e. The van der Waals surface area contributed by atoms with E-state index in [0.717, 1.165) is 0 Å².